The first-order valence-electron chi connectivity index (χ1n) is 11.1. The molecule has 2 fully saturated rings. The lowest BCUT2D eigenvalue weighted by Crippen LogP contribution is -2.34. The third kappa shape index (κ3) is 5.62. The van der Waals surface area contributed by atoms with E-state index in [9.17, 15) is 9.59 Å². The number of aromatic nitrogens is 2. The highest BCUT2D eigenvalue weighted by Gasteiger charge is 2.33. The molecule has 0 radical (unpaired) electrons. The van der Waals surface area contributed by atoms with Gasteiger partial charge in [-0.05, 0) is 17.7 Å². The number of nitrogens with zero attached hydrogens (tertiary/aromatic N) is 3. The molecule has 9 nitrogen and oxygen atoms in total. The van der Waals surface area contributed by atoms with E-state index in [1.54, 1.807) is 12.0 Å². The molecule has 178 valence electrons. The average Bonchev–Trinajstić information content (AvgIpc) is 3.50. The van der Waals surface area contributed by atoms with Gasteiger partial charge >= 0.3 is 0 Å². The Balaban J connectivity index is 1.38. The van der Waals surface area contributed by atoms with E-state index in [1.165, 1.54) is 11.3 Å². The maximum absolute atomic E-state index is 12.6. The summed E-state index contributed by atoms with van der Waals surface area (Å²) in [5.74, 6) is 0.955. The first kappa shape index (κ1) is 23.4. The van der Waals surface area contributed by atoms with Crippen molar-refractivity contribution in [2.75, 3.05) is 38.7 Å². The van der Waals surface area contributed by atoms with Crippen LogP contribution in [0.3, 0.4) is 0 Å². The lowest BCUT2D eigenvalue weighted by Gasteiger charge is -2.18. The van der Waals surface area contributed by atoms with Gasteiger partial charge in [0, 0.05) is 30.7 Å². The monoisotopic (exact) mass is 474 g/mol. The van der Waals surface area contributed by atoms with Gasteiger partial charge in [-0.3, -0.25) is 14.9 Å². The lowest BCUT2D eigenvalue weighted by molar-refractivity contribution is -0.131. The van der Waals surface area contributed by atoms with Crippen molar-refractivity contribution in [2.45, 2.75) is 51.0 Å². The van der Waals surface area contributed by atoms with Crippen LogP contribution in [0, 0.1) is 0 Å². The Kier molecular flexibility index (Phi) is 6.85. The number of methoxy groups -OCH3 is 1. The molecule has 1 aromatic heterocycles. The highest BCUT2D eigenvalue weighted by molar-refractivity contribution is 7.15. The summed E-state index contributed by atoms with van der Waals surface area (Å²) in [5, 5.41) is 12.2. The van der Waals surface area contributed by atoms with Gasteiger partial charge in [-0.1, -0.05) is 38.2 Å². The lowest BCUT2D eigenvalue weighted by atomic mass is 9.98. The molecule has 0 saturated carbocycles. The molecule has 10 heteroatoms. The van der Waals surface area contributed by atoms with Crippen LogP contribution in [0.2, 0.25) is 0 Å². The first-order chi connectivity index (χ1) is 15.7. The number of carbonyl (C=O) groups is 2. The molecule has 1 N–H and O–H groups in total. The molecule has 1 aromatic carbocycles. The molecule has 2 aromatic rings. The summed E-state index contributed by atoms with van der Waals surface area (Å²) < 4.78 is 16.9. The fraction of sp³-hybridized carbons (Fsp3) is 0.565. The van der Waals surface area contributed by atoms with Crippen molar-refractivity contribution < 1.29 is 23.8 Å². The fourth-order valence-corrected chi connectivity index (χ4v) is 4.70. The van der Waals surface area contributed by atoms with Gasteiger partial charge in [0.1, 0.15) is 11.1 Å². The van der Waals surface area contributed by atoms with E-state index >= 15 is 0 Å². The molecule has 0 bridgehead atoms. The topological polar surface area (TPSA) is 103 Å². The van der Waals surface area contributed by atoms with Gasteiger partial charge in [-0.15, -0.1) is 10.2 Å². The Morgan fingerprint density at radius 3 is 2.79 bits per heavy atom. The van der Waals surface area contributed by atoms with Crippen LogP contribution in [0.4, 0.5) is 5.13 Å². The van der Waals surface area contributed by atoms with E-state index in [0.717, 1.165) is 17.0 Å². The van der Waals surface area contributed by atoms with Gasteiger partial charge in [-0.2, -0.15) is 0 Å². The molecule has 2 saturated heterocycles. The quantitative estimate of drug-likeness (QED) is 0.658. The van der Waals surface area contributed by atoms with Crippen LogP contribution in [-0.4, -0.2) is 66.4 Å². The Bertz CT molecular complexity index is 1010. The first-order valence-corrected chi connectivity index (χ1v) is 11.9. The Morgan fingerprint density at radius 2 is 2.12 bits per heavy atom. The number of anilines is 1. The molecule has 0 aliphatic carbocycles. The van der Waals surface area contributed by atoms with Crippen molar-refractivity contribution in [3.05, 3.63) is 28.8 Å². The molecule has 33 heavy (non-hydrogen) atoms. The van der Waals surface area contributed by atoms with Crippen LogP contribution in [0.15, 0.2) is 18.2 Å². The number of nitrogens with one attached hydrogen (secondary N) is 1. The normalized spacial score (nSPS) is 20.8. The Hall–Kier alpha value is -2.72. The van der Waals surface area contributed by atoms with Crippen molar-refractivity contribution in [3.8, 4) is 11.5 Å². The maximum Gasteiger partial charge on any atom is 0.245 e. The van der Waals surface area contributed by atoms with Gasteiger partial charge in [-0.25, -0.2) is 0 Å². The number of amides is 2. The zero-order chi connectivity index (χ0) is 23.6. The Labute approximate surface area is 197 Å². The van der Waals surface area contributed by atoms with Crippen molar-refractivity contribution in [1.29, 1.82) is 0 Å². The number of hydrogen-bond acceptors (Lipinski definition) is 8. The second-order valence-corrected chi connectivity index (χ2v) is 10.4. The number of ether oxygens (including phenoxy) is 3. The van der Waals surface area contributed by atoms with Gasteiger partial charge in [0.2, 0.25) is 16.9 Å². The van der Waals surface area contributed by atoms with Gasteiger partial charge in [0.15, 0.2) is 11.5 Å². The van der Waals surface area contributed by atoms with Gasteiger partial charge in [0.25, 0.3) is 0 Å². The number of rotatable bonds is 7. The highest BCUT2D eigenvalue weighted by atomic mass is 32.1. The molecule has 2 aliphatic heterocycles. The predicted molar refractivity (Wildman–Crippen MR) is 124 cm³/mol. The van der Waals surface area contributed by atoms with Crippen LogP contribution in [0.25, 0.3) is 0 Å². The minimum Gasteiger partial charge on any atom is -0.493 e. The molecule has 4 rings (SSSR count). The molecule has 0 unspecified atom stereocenters. The van der Waals surface area contributed by atoms with Crippen molar-refractivity contribution in [3.63, 3.8) is 0 Å². The molecular formula is C23H30N4O5S. The van der Waals surface area contributed by atoms with Crippen LogP contribution >= 0.6 is 11.3 Å². The van der Waals surface area contributed by atoms with Crippen LogP contribution in [-0.2, 0) is 19.7 Å². The smallest absolute Gasteiger partial charge is 0.245 e. The van der Waals surface area contributed by atoms with E-state index in [1.807, 2.05) is 39.0 Å². The molecular weight excluding hydrogens is 444 g/mol. The standard InChI is InChI=1S/C23H30N4O5S/c1-23(2,3)21-25-26-22(33-21)24-19(28)12-27-11-15(10-20(27)29)14-5-6-17(30-4)18(9-14)32-16-7-8-31-13-16/h5-6,9,15-16H,7-8,10-13H2,1-4H3,(H,24,26,28)/t15-,16-/m1/s1. The van der Waals surface area contributed by atoms with E-state index in [2.05, 4.69) is 15.5 Å². The van der Waals surface area contributed by atoms with E-state index < -0.39 is 0 Å². The predicted octanol–water partition coefficient (Wildman–Crippen LogP) is 2.97. The number of hydrogen-bond donors (Lipinski definition) is 1. The number of likely N-dealkylation sites (tertiary alicyclic amines) is 1. The summed E-state index contributed by atoms with van der Waals surface area (Å²) in [6.45, 7) is 7.82. The summed E-state index contributed by atoms with van der Waals surface area (Å²) in [6.07, 6.45) is 1.18. The summed E-state index contributed by atoms with van der Waals surface area (Å²) in [4.78, 5) is 26.7. The number of benzene rings is 1. The van der Waals surface area contributed by atoms with E-state index in [0.29, 0.717) is 42.8 Å². The second kappa shape index (κ2) is 9.64. The van der Waals surface area contributed by atoms with Crippen molar-refractivity contribution in [1.82, 2.24) is 15.1 Å². The molecule has 2 atom stereocenters. The fourth-order valence-electron chi connectivity index (χ4n) is 3.88. The second-order valence-electron chi connectivity index (χ2n) is 9.40. The van der Waals surface area contributed by atoms with Gasteiger partial charge in [0.05, 0.1) is 26.9 Å². The largest absolute Gasteiger partial charge is 0.493 e. The van der Waals surface area contributed by atoms with Crippen LogP contribution in [0.5, 0.6) is 11.5 Å². The summed E-state index contributed by atoms with van der Waals surface area (Å²) >= 11 is 1.35. The SMILES string of the molecule is COc1ccc([C@@H]2CC(=O)N(CC(=O)Nc3nnc(C(C)(C)C)s3)C2)cc1O[C@@H]1CCOC1. The third-order valence-electron chi connectivity index (χ3n) is 5.70. The summed E-state index contributed by atoms with van der Waals surface area (Å²) in [6, 6.07) is 5.75. The van der Waals surface area contributed by atoms with Crippen molar-refractivity contribution in [2.24, 2.45) is 0 Å². The average molecular weight is 475 g/mol. The zero-order valence-electron chi connectivity index (χ0n) is 19.4. The van der Waals surface area contributed by atoms with Crippen LogP contribution in [0.1, 0.15) is 50.1 Å². The molecule has 3 heterocycles. The molecule has 2 amide bonds. The summed E-state index contributed by atoms with van der Waals surface area (Å²) in [7, 11) is 1.61. The minimum atomic E-state index is -0.277. The number of carbonyl (C=O) groups excluding carboxylic acids is 2. The Morgan fingerprint density at radius 1 is 1.30 bits per heavy atom. The van der Waals surface area contributed by atoms with Crippen LogP contribution < -0.4 is 14.8 Å². The molecule has 0 spiro atoms. The third-order valence-corrected chi connectivity index (χ3v) is 6.97. The molecule has 2 aliphatic rings. The highest BCUT2D eigenvalue weighted by Crippen LogP contribution is 2.36. The van der Waals surface area contributed by atoms with Crippen molar-refractivity contribution >= 4 is 28.3 Å². The van der Waals surface area contributed by atoms with Gasteiger partial charge < -0.3 is 19.1 Å². The van der Waals surface area contributed by atoms with E-state index in [-0.39, 0.29) is 35.8 Å². The van der Waals surface area contributed by atoms with E-state index in [4.69, 9.17) is 14.2 Å². The summed E-state index contributed by atoms with van der Waals surface area (Å²) in [5.41, 5.74) is 0.852. The zero-order valence-corrected chi connectivity index (χ0v) is 20.2. The maximum atomic E-state index is 12.6. The minimum absolute atomic E-state index is 0.00120.